The van der Waals surface area contributed by atoms with Crippen molar-refractivity contribution in [2.45, 2.75) is 12.2 Å². The Balaban J connectivity index is 2.12. The second kappa shape index (κ2) is 3.97. The van der Waals surface area contributed by atoms with Gasteiger partial charge >= 0.3 is 6.18 Å². The molecule has 0 bridgehead atoms. The predicted octanol–water partition coefficient (Wildman–Crippen LogP) is 2.11. The molecule has 1 aliphatic rings. The summed E-state index contributed by atoms with van der Waals surface area (Å²) in [5.41, 5.74) is 0.0650. The zero-order valence-corrected chi connectivity index (χ0v) is 8.88. The minimum Gasteiger partial charge on any atom is -0.363 e. The van der Waals surface area contributed by atoms with Gasteiger partial charge in [0, 0.05) is 18.8 Å². The zero-order valence-electron chi connectivity index (χ0n) is 8.88. The van der Waals surface area contributed by atoms with E-state index in [2.05, 4.69) is 5.32 Å². The van der Waals surface area contributed by atoms with Crippen LogP contribution >= 0.6 is 0 Å². The molecule has 88 valence electrons. The number of hydrogen-bond acceptors (Lipinski definition) is 2. The summed E-state index contributed by atoms with van der Waals surface area (Å²) in [4.78, 5) is 1.95. The van der Waals surface area contributed by atoms with Crippen LogP contribution < -0.4 is 10.2 Å². The molecule has 1 aromatic carbocycles. The standard InChI is InChI=1S/C11H13F3N2/c1-15-6-10-7-16(10)9-4-2-3-8(5-9)11(12,13)14/h2-5,10,15H,6-7H2,1H3. The smallest absolute Gasteiger partial charge is 0.363 e. The molecule has 1 unspecified atom stereocenters. The van der Waals surface area contributed by atoms with E-state index in [9.17, 15) is 13.2 Å². The fourth-order valence-electron chi connectivity index (χ4n) is 1.77. The van der Waals surface area contributed by atoms with E-state index < -0.39 is 11.7 Å². The first kappa shape index (κ1) is 11.3. The minimum atomic E-state index is -4.26. The van der Waals surface area contributed by atoms with E-state index in [1.54, 1.807) is 6.07 Å². The number of nitrogens with zero attached hydrogens (tertiary/aromatic N) is 1. The van der Waals surface area contributed by atoms with Crippen LogP contribution in [0.25, 0.3) is 0 Å². The molecule has 0 aromatic heterocycles. The van der Waals surface area contributed by atoms with Crippen molar-refractivity contribution in [2.75, 3.05) is 25.0 Å². The van der Waals surface area contributed by atoms with Gasteiger partial charge in [-0.3, -0.25) is 0 Å². The first-order valence-corrected chi connectivity index (χ1v) is 5.11. The monoisotopic (exact) mass is 230 g/mol. The van der Waals surface area contributed by atoms with Crippen LogP contribution in [-0.2, 0) is 6.18 Å². The number of nitrogens with one attached hydrogen (secondary N) is 1. The van der Waals surface area contributed by atoms with Crippen LogP contribution in [0.3, 0.4) is 0 Å². The topological polar surface area (TPSA) is 15.0 Å². The quantitative estimate of drug-likeness (QED) is 0.800. The molecule has 2 rings (SSSR count). The van der Waals surface area contributed by atoms with E-state index in [1.165, 1.54) is 12.1 Å². The average molecular weight is 230 g/mol. The summed E-state index contributed by atoms with van der Waals surface area (Å²) < 4.78 is 37.4. The lowest BCUT2D eigenvalue weighted by atomic mass is 10.2. The molecule has 2 nitrogen and oxygen atoms in total. The molecular weight excluding hydrogens is 217 g/mol. The predicted molar refractivity (Wildman–Crippen MR) is 56.5 cm³/mol. The second-order valence-corrected chi connectivity index (χ2v) is 3.91. The van der Waals surface area contributed by atoms with E-state index in [-0.39, 0.29) is 0 Å². The molecule has 0 spiro atoms. The number of benzene rings is 1. The van der Waals surface area contributed by atoms with Gasteiger partial charge in [0.15, 0.2) is 0 Å². The lowest BCUT2D eigenvalue weighted by molar-refractivity contribution is -0.137. The van der Waals surface area contributed by atoms with Gasteiger partial charge in [-0.1, -0.05) is 6.07 Å². The summed E-state index contributed by atoms with van der Waals surface area (Å²) in [6, 6.07) is 5.79. The third kappa shape index (κ3) is 2.29. The largest absolute Gasteiger partial charge is 0.416 e. The van der Waals surface area contributed by atoms with Gasteiger partial charge in [0.2, 0.25) is 0 Å². The number of likely N-dealkylation sites (N-methyl/N-ethyl adjacent to an activating group) is 1. The highest BCUT2D eigenvalue weighted by Crippen LogP contribution is 2.34. The molecule has 1 heterocycles. The van der Waals surface area contributed by atoms with Gasteiger partial charge in [-0.2, -0.15) is 13.2 Å². The van der Waals surface area contributed by atoms with Crippen molar-refractivity contribution in [3.63, 3.8) is 0 Å². The Labute approximate surface area is 92.1 Å². The van der Waals surface area contributed by atoms with Crippen LogP contribution in [0, 0.1) is 0 Å². The highest BCUT2D eigenvalue weighted by atomic mass is 19.4. The van der Waals surface area contributed by atoms with Crippen LogP contribution in [0.4, 0.5) is 18.9 Å². The highest BCUT2D eigenvalue weighted by Gasteiger charge is 2.35. The normalized spacial score (nSPS) is 20.0. The van der Waals surface area contributed by atoms with Crippen LogP contribution in [0.5, 0.6) is 0 Å². The highest BCUT2D eigenvalue weighted by molar-refractivity contribution is 5.55. The van der Waals surface area contributed by atoms with Crippen LogP contribution in [-0.4, -0.2) is 26.2 Å². The fourth-order valence-corrected chi connectivity index (χ4v) is 1.77. The van der Waals surface area contributed by atoms with E-state index in [0.717, 1.165) is 19.2 Å². The third-order valence-corrected chi connectivity index (χ3v) is 2.66. The Kier molecular flexibility index (Phi) is 2.80. The SMILES string of the molecule is CNCC1CN1c1cccc(C(F)(F)F)c1. The maximum atomic E-state index is 12.5. The lowest BCUT2D eigenvalue weighted by Crippen LogP contribution is -2.17. The molecular formula is C11H13F3N2. The van der Waals surface area contributed by atoms with E-state index in [4.69, 9.17) is 0 Å². The molecule has 1 aromatic rings. The van der Waals surface area contributed by atoms with Gasteiger partial charge in [-0.25, -0.2) is 0 Å². The van der Waals surface area contributed by atoms with Crippen LogP contribution in [0.15, 0.2) is 24.3 Å². The molecule has 1 atom stereocenters. The lowest BCUT2D eigenvalue weighted by Gasteiger charge is -2.10. The van der Waals surface area contributed by atoms with Crippen molar-refractivity contribution in [1.29, 1.82) is 0 Å². The molecule has 1 N–H and O–H groups in total. The van der Waals surface area contributed by atoms with Gasteiger partial charge in [0.25, 0.3) is 0 Å². The van der Waals surface area contributed by atoms with Crippen molar-refractivity contribution in [3.8, 4) is 0 Å². The molecule has 0 amide bonds. The van der Waals surface area contributed by atoms with E-state index in [0.29, 0.717) is 11.7 Å². The Hall–Kier alpha value is -1.23. The summed E-state index contributed by atoms with van der Waals surface area (Å²) in [7, 11) is 1.84. The molecule has 1 fully saturated rings. The van der Waals surface area contributed by atoms with Gasteiger partial charge < -0.3 is 10.2 Å². The maximum absolute atomic E-state index is 12.5. The molecule has 0 saturated carbocycles. The van der Waals surface area contributed by atoms with Crippen molar-refractivity contribution in [2.24, 2.45) is 0 Å². The Morgan fingerprint density at radius 1 is 1.44 bits per heavy atom. The molecule has 1 saturated heterocycles. The summed E-state index contributed by atoms with van der Waals surface area (Å²) >= 11 is 0. The van der Waals surface area contributed by atoms with Gasteiger partial charge in [-0.05, 0) is 25.2 Å². The van der Waals surface area contributed by atoms with Crippen molar-refractivity contribution < 1.29 is 13.2 Å². The first-order chi connectivity index (χ1) is 7.52. The van der Waals surface area contributed by atoms with Gasteiger partial charge in [0.05, 0.1) is 11.6 Å². The van der Waals surface area contributed by atoms with Crippen LogP contribution in [0.1, 0.15) is 5.56 Å². The number of halogens is 3. The van der Waals surface area contributed by atoms with E-state index in [1.807, 2.05) is 11.9 Å². The first-order valence-electron chi connectivity index (χ1n) is 5.11. The Morgan fingerprint density at radius 2 is 2.19 bits per heavy atom. The maximum Gasteiger partial charge on any atom is 0.416 e. The number of alkyl halides is 3. The fraction of sp³-hybridized carbons (Fsp3) is 0.455. The third-order valence-electron chi connectivity index (χ3n) is 2.66. The Morgan fingerprint density at radius 3 is 2.81 bits per heavy atom. The minimum absolute atomic E-state index is 0.327. The Bertz CT molecular complexity index is 376. The average Bonchev–Trinajstić information content (AvgIpc) is 2.97. The zero-order chi connectivity index (χ0) is 11.8. The summed E-state index contributed by atoms with van der Waals surface area (Å²) in [5.74, 6) is 0. The van der Waals surface area contributed by atoms with Gasteiger partial charge in [-0.15, -0.1) is 0 Å². The number of rotatable bonds is 3. The van der Waals surface area contributed by atoms with E-state index >= 15 is 0 Å². The molecule has 0 radical (unpaired) electrons. The van der Waals surface area contributed by atoms with Crippen molar-refractivity contribution >= 4 is 5.69 Å². The summed E-state index contributed by atoms with van der Waals surface area (Å²) in [6.45, 7) is 1.62. The second-order valence-electron chi connectivity index (χ2n) is 3.91. The summed E-state index contributed by atoms with van der Waals surface area (Å²) in [5, 5.41) is 3.01. The molecule has 1 aliphatic heterocycles. The van der Waals surface area contributed by atoms with Crippen molar-refractivity contribution in [1.82, 2.24) is 5.32 Å². The molecule has 5 heteroatoms. The molecule has 16 heavy (non-hydrogen) atoms. The number of hydrogen-bond donors (Lipinski definition) is 1. The summed E-state index contributed by atoms with van der Waals surface area (Å²) in [6.07, 6.45) is -4.26. The number of anilines is 1. The van der Waals surface area contributed by atoms with Crippen LogP contribution in [0.2, 0.25) is 0 Å². The van der Waals surface area contributed by atoms with Gasteiger partial charge in [0.1, 0.15) is 0 Å². The molecule has 0 aliphatic carbocycles. The van der Waals surface area contributed by atoms with Crippen molar-refractivity contribution in [3.05, 3.63) is 29.8 Å².